The summed E-state index contributed by atoms with van der Waals surface area (Å²) in [5.41, 5.74) is 1.09. The highest BCUT2D eigenvalue weighted by Gasteiger charge is 2.17. The molecule has 2 nitrogen and oxygen atoms in total. The van der Waals surface area contributed by atoms with Crippen molar-refractivity contribution >= 4 is 28.4 Å². The zero-order valence-corrected chi connectivity index (χ0v) is 11.0. The molecule has 16 heavy (non-hydrogen) atoms. The Bertz CT molecular complexity index is 405. The molecule has 1 rings (SSSR count). The lowest BCUT2D eigenvalue weighted by molar-refractivity contribution is -0.0510. The summed E-state index contributed by atoms with van der Waals surface area (Å²) in [6.07, 6.45) is 0.580. The SMILES string of the molecule is CCc1ccc(C(C)=O)c(I)c1OC(F)F. The van der Waals surface area contributed by atoms with Gasteiger partial charge in [-0.3, -0.25) is 4.79 Å². The molecule has 88 valence electrons. The Hall–Kier alpha value is -0.720. The molecule has 0 aliphatic carbocycles. The van der Waals surface area contributed by atoms with E-state index in [2.05, 4.69) is 4.74 Å². The van der Waals surface area contributed by atoms with Crippen molar-refractivity contribution in [3.05, 3.63) is 26.8 Å². The number of carbonyl (C=O) groups excluding carboxylic acids is 1. The third-order valence-electron chi connectivity index (χ3n) is 2.15. The average Bonchev–Trinajstić information content (AvgIpc) is 2.19. The lowest BCUT2D eigenvalue weighted by atomic mass is 10.1. The number of carbonyl (C=O) groups is 1. The van der Waals surface area contributed by atoms with E-state index in [9.17, 15) is 13.6 Å². The fourth-order valence-corrected chi connectivity index (χ4v) is 2.40. The van der Waals surface area contributed by atoms with Crippen LogP contribution in [0.25, 0.3) is 0 Å². The highest BCUT2D eigenvalue weighted by atomic mass is 127. The smallest absolute Gasteiger partial charge is 0.387 e. The molecule has 0 unspecified atom stereocenters. The van der Waals surface area contributed by atoms with Gasteiger partial charge >= 0.3 is 6.61 Å². The van der Waals surface area contributed by atoms with Crippen LogP contribution >= 0.6 is 22.6 Å². The normalized spacial score (nSPS) is 10.6. The summed E-state index contributed by atoms with van der Waals surface area (Å²) in [5.74, 6) is -0.0445. The number of rotatable bonds is 4. The fourth-order valence-electron chi connectivity index (χ4n) is 1.36. The average molecular weight is 340 g/mol. The largest absolute Gasteiger partial charge is 0.433 e. The van der Waals surface area contributed by atoms with Crippen LogP contribution in [0.3, 0.4) is 0 Å². The number of benzene rings is 1. The van der Waals surface area contributed by atoms with Gasteiger partial charge in [0.05, 0.1) is 3.57 Å². The Morgan fingerprint density at radius 2 is 2.12 bits per heavy atom. The van der Waals surface area contributed by atoms with Gasteiger partial charge < -0.3 is 4.74 Å². The van der Waals surface area contributed by atoms with Gasteiger partial charge in [-0.05, 0) is 47.6 Å². The van der Waals surface area contributed by atoms with Crippen molar-refractivity contribution in [1.29, 1.82) is 0 Å². The van der Waals surface area contributed by atoms with Gasteiger partial charge in [-0.15, -0.1) is 0 Å². The van der Waals surface area contributed by atoms with Gasteiger partial charge in [0, 0.05) is 5.56 Å². The first-order valence-electron chi connectivity index (χ1n) is 4.74. The maximum Gasteiger partial charge on any atom is 0.387 e. The Morgan fingerprint density at radius 3 is 2.56 bits per heavy atom. The van der Waals surface area contributed by atoms with E-state index < -0.39 is 6.61 Å². The Morgan fingerprint density at radius 1 is 1.50 bits per heavy atom. The van der Waals surface area contributed by atoms with Gasteiger partial charge in [0.15, 0.2) is 5.78 Å². The quantitative estimate of drug-likeness (QED) is 0.618. The van der Waals surface area contributed by atoms with Crippen LogP contribution in [0.5, 0.6) is 5.75 Å². The van der Waals surface area contributed by atoms with Gasteiger partial charge in [0.25, 0.3) is 0 Å². The molecule has 0 saturated heterocycles. The van der Waals surface area contributed by atoms with E-state index in [-0.39, 0.29) is 11.5 Å². The molecule has 1 aromatic rings. The molecule has 0 atom stereocenters. The Kier molecular flexibility index (Phi) is 4.64. The predicted octanol–water partition coefficient (Wildman–Crippen LogP) is 3.66. The minimum Gasteiger partial charge on any atom is -0.433 e. The van der Waals surface area contributed by atoms with Crippen LogP contribution in [0.2, 0.25) is 0 Å². The topological polar surface area (TPSA) is 26.3 Å². The van der Waals surface area contributed by atoms with Crippen molar-refractivity contribution < 1.29 is 18.3 Å². The first-order valence-corrected chi connectivity index (χ1v) is 5.82. The molecule has 0 bridgehead atoms. The van der Waals surface area contributed by atoms with E-state index in [1.165, 1.54) is 6.92 Å². The number of ether oxygens (including phenoxy) is 1. The molecule has 0 saturated carbocycles. The second-order valence-electron chi connectivity index (χ2n) is 3.20. The number of Topliss-reactive ketones (excluding diaryl/α,β-unsaturated/α-hetero) is 1. The first kappa shape index (κ1) is 13.3. The third kappa shape index (κ3) is 2.90. The van der Waals surface area contributed by atoms with E-state index in [4.69, 9.17) is 0 Å². The van der Waals surface area contributed by atoms with Gasteiger partial charge in [-0.2, -0.15) is 8.78 Å². The molecule has 0 spiro atoms. The van der Waals surface area contributed by atoms with Crippen molar-refractivity contribution in [2.75, 3.05) is 0 Å². The summed E-state index contributed by atoms with van der Waals surface area (Å²) >= 11 is 1.86. The molecule has 0 heterocycles. The highest BCUT2D eigenvalue weighted by molar-refractivity contribution is 14.1. The predicted molar refractivity (Wildman–Crippen MR) is 65.2 cm³/mol. The molecule has 1 aromatic carbocycles. The highest BCUT2D eigenvalue weighted by Crippen LogP contribution is 2.31. The van der Waals surface area contributed by atoms with Gasteiger partial charge in [0.1, 0.15) is 5.75 Å². The molecule has 5 heteroatoms. The van der Waals surface area contributed by atoms with Gasteiger partial charge in [-0.25, -0.2) is 0 Å². The summed E-state index contributed by atoms with van der Waals surface area (Å²) < 4.78 is 29.4. The number of hydrogen-bond acceptors (Lipinski definition) is 2. The van der Waals surface area contributed by atoms with Crippen LogP contribution in [0.4, 0.5) is 8.78 Å². The minimum absolute atomic E-state index is 0.116. The molecule has 0 aliphatic heterocycles. The summed E-state index contributed by atoms with van der Waals surface area (Å²) in [5, 5.41) is 0. The van der Waals surface area contributed by atoms with Crippen molar-refractivity contribution in [3.8, 4) is 5.75 Å². The zero-order valence-electron chi connectivity index (χ0n) is 8.89. The fraction of sp³-hybridized carbons (Fsp3) is 0.364. The second-order valence-corrected chi connectivity index (χ2v) is 4.28. The molecule has 0 aromatic heterocycles. The molecule has 0 radical (unpaired) electrons. The van der Waals surface area contributed by atoms with Crippen molar-refractivity contribution in [3.63, 3.8) is 0 Å². The Labute approximate surface area is 106 Å². The molecule has 0 amide bonds. The minimum atomic E-state index is -2.87. The van der Waals surface area contributed by atoms with E-state index in [1.807, 2.05) is 29.5 Å². The van der Waals surface area contributed by atoms with E-state index >= 15 is 0 Å². The van der Waals surface area contributed by atoms with Crippen molar-refractivity contribution in [2.24, 2.45) is 0 Å². The number of aryl methyl sites for hydroxylation is 1. The van der Waals surface area contributed by atoms with Crippen LogP contribution in [0, 0.1) is 3.57 Å². The maximum absolute atomic E-state index is 12.2. The molecule has 0 aliphatic rings. The monoisotopic (exact) mass is 340 g/mol. The molecular formula is C11H11F2IO2. The summed E-state index contributed by atoms with van der Waals surface area (Å²) in [4.78, 5) is 11.3. The van der Waals surface area contributed by atoms with Gasteiger partial charge in [-0.1, -0.05) is 13.0 Å². The zero-order chi connectivity index (χ0) is 12.3. The maximum atomic E-state index is 12.2. The van der Waals surface area contributed by atoms with Crippen LogP contribution in [0.1, 0.15) is 29.8 Å². The van der Waals surface area contributed by atoms with E-state index in [0.29, 0.717) is 21.1 Å². The lowest BCUT2D eigenvalue weighted by Gasteiger charge is -2.13. The lowest BCUT2D eigenvalue weighted by Crippen LogP contribution is -2.08. The Balaban J connectivity index is 3.28. The van der Waals surface area contributed by atoms with E-state index in [0.717, 1.165) is 0 Å². The molecule has 0 fully saturated rings. The number of hydrogen-bond donors (Lipinski definition) is 0. The molecule has 0 N–H and O–H groups in total. The molecular weight excluding hydrogens is 329 g/mol. The van der Waals surface area contributed by atoms with Gasteiger partial charge in [0.2, 0.25) is 0 Å². The van der Waals surface area contributed by atoms with Crippen molar-refractivity contribution in [1.82, 2.24) is 0 Å². The van der Waals surface area contributed by atoms with Crippen LogP contribution in [-0.4, -0.2) is 12.4 Å². The summed E-state index contributed by atoms with van der Waals surface area (Å²) in [7, 11) is 0. The first-order chi connectivity index (χ1) is 7.47. The summed E-state index contributed by atoms with van der Waals surface area (Å²) in [6, 6.07) is 3.29. The number of alkyl halides is 2. The van der Waals surface area contributed by atoms with E-state index in [1.54, 1.807) is 12.1 Å². The van der Waals surface area contributed by atoms with Crippen LogP contribution < -0.4 is 4.74 Å². The standard InChI is InChI=1S/C11H11F2IO2/c1-3-7-4-5-8(6(2)15)9(14)10(7)16-11(12)13/h4-5,11H,3H2,1-2H3. The van der Waals surface area contributed by atoms with Crippen LogP contribution in [0.15, 0.2) is 12.1 Å². The second kappa shape index (κ2) is 5.56. The number of ketones is 1. The van der Waals surface area contributed by atoms with Crippen molar-refractivity contribution in [2.45, 2.75) is 26.9 Å². The van der Waals surface area contributed by atoms with Crippen LogP contribution in [-0.2, 0) is 6.42 Å². The third-order valence-corrected chi connectivity index (χ3v) is 3.22. The number of halogens is 3. The summed E-state index contributed by atoms with van der Waals surface area (Å²) in [6.45, 7) is 0.368.